The van der Waals surface area contributed by atoms with Gasteiger partial charge in [0.1, 0.15) is 17.3 Å². The highest BCUT2D eigenvalue weighted by Gasteiger charge is 2.21. The number of non-ortho nitro benzene ring substituents is 1. The molecule has 1 saturated heterocycles. The predicted molar refractivity (Wildman–Crippen MR) is 98.5 cm³/mol. The molecule has 1 N–H and O–H groups in total. The molecule has 3 rings (SSSR count). The first-order chi connectivity index (χ1) is 12.5. The Hall–Kier alpha value is -2.78. The second-order valence-corrected chi connectivity index (χ2v) is 6.28. The molecule has 0 bridgehead atoms. The number of piperazine rings is 1. The smallest absolute Gasteiger partial charge is 0.271 e. The lowest BCUT2D eigenvalue weighted by Gasteiger charge is -2.35. The van der Waals surface area contributed by atoms with E-state index in [1.165, 1.54) is 18.5 Å². The summed E-state index contributed by atoms with van der Waals surface area (Å²) in [7, 11) is 2.05. The molecule has 136 valence electrons. The van der Waals surface area contributed by atoms with Crippen LogP contribution in [0.25, 0.3) is 0 Å². The minimum Gasteiger partial charge on any atom is -0.367 e. The van der Waals surface area contributed by atoms with Gasteiger partial charge in [0.25, 0.3) is 5.69 Å². The lowest BCUT2D eigenvalue weighted by atomic mass is 10.2. The molecule has 0 unspecified atom stereocenters. The Bertz CT molecular complexity index is 839. The lowest BCUT2D eigenvalue weighted by Crippen LogP contribution is -2.44. The maximum atomic E-state index is 11.3. The Morgan fingerprint density at radius 2 is 2.00 bits per heavy atom. The molecule has 0 amide bonds. The summed E-state index contributed by atoms with van der Waals surface area (Å²) < 4.78 is 0. The van der Waals surface area contributed by atoms with Crippen LogP contribution in [0, 0.1) is 10.1 Å². The molecule has 10 heteroatoms. The van der Waals surface area contributed by atoms with Gasteiger partial charge >= 0.3 is 0 Å². The number of carbonyl (C=O) groups is 1. The number of benzene rings is 1. The standard InChI is InChI=1S/C16H17ClN6O3/c1-21-4-6-22(7-5-21)14-3-2-11(23(25)26)8-13(14)20-16-12(9-24)15(17)18-10-19-16/h2-3,8-10H,4-7H2,1H3,(H,18,19,20). The number of nitrogens with one attached hydrogen (secondary N) is 1. The number of halogens is 1. The molecule has 9 nitrogen and oxygen atoms in total. The number of rotatable bonds is 5. The van der Waals surface area contributed by atoms with Gasteiger partial charge in [0.2, 0.25) is 0 Å². The van der Waals surface area contributed by atoms with Crippen molar-refractivity contribution in [2.24, 2.45) is 0 Å². The lowest BCUT2D eigenvalue weighted by molar-refractivity contribution is -0.384. The number of nitro benzene ring substituents is 1. The van der Waals surface area contributed by atoms with Gasteiger partial charge in [-0.1, -0.05) is 11.6 Å². The normalized spacial score (nSPS) is 14.9. The van der Waals surface area contributed by atoms with Crippen LogP contribution < -0.4 is 10.2 Å². The minimum atomic E-state index is -0.466. The first-order valence-electron chi connectivity index (χ1n) is 7.94. The largest absolute Gasteiger partial charge is 0.367 e. The summed E-state index contributed by atoms with van der Waals surface area (Å²) in [6.07, 6.45) is 1.78. The van der Waals surface area contributed by atoms with Crippen molar-refractivity contribution < 1.29 is 9.72 Å². The summed E-state index contributed by atoms with van der Waals surface area (Å²) in [5.41, 5.74) is 1.33. The number of anilines is 3. The van der Waals surface area contributed by atoms with Crippen molar-refractivity contribution in [1.82, 2.24) is 14.9 Å². The van der Waals surface area contributed by atoms with Gasteiger partial charge < -0.3 is 15.1 Å². The SMILES string of the molecule is CN1CCN(c2ccc([N+](=O)[O-])cc2Nc2ncnc(Cl)c2C=O)CC1. The van der Waals surface area contributed by atoms with E-state index >= 15 is 0 Å². The number of hydrogen-bond acceptors (Lipinski definition) is 8. The summed E-state index contributed by atoms with van der Waals surface area (Å²) >= 11 is 5.94. The number of nitrogens with zero attached hydrogens (tertiary/aromatic N) is 5. The van der Waals surface area contributed by atoms with Crippen molar-refractivity contribution in [3.8, 4) is 0 Å². The molecule has 26 heavy (non-hydrogen) atoms. The van der Waals surface area contributed by atoms with Crippen LogP contribution in [0.1, 0.15) is 10.4 Å². The monoisotopic (exact) mass is 376 g/mol. The van der Waals surface area contributed by atoms with E-state index in [0.29, 0.717) is 12.0 Å². The van der Waals surface area contributed by atoms with E-state index in [4.69, 9.17) is 11.6 Å². The van der Waals surface area contributed by atoms with Crippen molar-refractivity contribution in [3.63, 3.8) is 0 Å². The third kappa shape index (κ3) is 3.73. The van der Waals surface area contributed by atoms with Crippen LogP contribution >= 0.6 is 11.6 Å². The van der Waals surface area contributed by atoms with Crippen molar-refractivity contribution in [1.29, 1.82) is 0 Å². The average molecular weight is 377 g/mol. The van der Waals surface area contributed by atoms with E-state index in [9.17, 15) is 14.9 Å². The Labute approximate surface area is 154 Å². The first-order valence-corrected chi connectivity index (χ1v) is 8.32. The van der Waals surface area contributed by atoms with Gasteiger partial charge in [0.15, 0.2) is 6.29 Å². The summed E-state index contributed by atoms with van der Waals surface area (Å²) in [5.74, 6) is 0.205. The van der Waals surface area contributed by atoms with Gasteiger partial charge in [-0.15, -0.1) is 0 Å². The summed E-state index contributed by atoms with van der Waals surface area (Å²) in [6.45, 7) is 3.34. The van der Waals surface area contributed by atoms with Crippen LogP contribution in [0.5, 0.6) is 0 Å². The third-order valence-corrected chi connectivity index (χ3v) is 4.54. The van der Waals surface area contributed by atoms with Crippen LogP contribution in [0.2, 0.25) is 5.15 Å². The van der Waals surface area contributed by atoms with Crippen LogP contribution in [0.15, 0.2) is 24.5 Å². The summed E-state index contributed by atoms with van der Waals surface area (Å²) in [4.78, 5) is 34.2. The second kappa shape index (κ2) is 7.63. The molecule has 0 atom stereocenters. The topological polar surface area (TPSA) is 104 Å². The van der Waals surface area contributed by atoms with E-state index in [0.717, 1.165) is 31.9 Å². The highest BCUT2D eigenvalue weighted by molar-refractivity contribution is 6.32. The molecule has 0 aliphatic carbocycles. The quantitative estimate of drug-likeness (QED) is 0.367. The maximum absolute atomic E-state index is 11.3. The Morgan fingerprint density at radius 3 is 2.65 bits per heavy atom. The Balaban J connectivity index is 2.01. The van der Waals surface area contributed by atoms with Gasteiger partial charge in [-0.3, -0.25) is 14.9 Å². The average Bonchev–Trinajstić information content (AvgIpc) is 2.63. The Kier molecular flexibility index (Phi) is 5.29. The van der Waals surface area contributed by atoms with Crippen LogP contribution in [-0.4, -0.2) is 59.3 Å². The highest BCUT2D eigenvalue weighted by atomic mass is 35.5. The minimum absolute atomic E-state index is 0.0177. The first kappa shape index (κ1) is 18.0. The van der Waals surface area contributed by atoms with E-state index < -0.39 is 4.92 Å². The number of aromatic nitrogens is 2. The van der Waals surface area contributed by atoms with Crippen LogP contribution in [0.3, 0.4) is 0 Å². The van der Waals surface area contributed by atoms with Gasteiger partial charge in [0.05, 0.1) is 21.9 Å². The number of aldehydes is 1. The number of hydrogen-bond donors (Lipinski definition) is 1. The molecule has 2 aromatic rings. The summed E-state index contributed by atoms with van der Waals surface area (Å²) in [6, 6.07) is 4.60. The molecule has 0 radical (unpaired) electrons. The number of nitro groups is 1. The van der Waals surface area contributed by atoms with Gasteiger partial charge in [-0.05, 0) is 13.1 Å². The van der Waals surface area contributed by atoms with Gasteiger partial charge in [-0.2, -0.15) is 0 Å². The van der Waals surface area contributed by atoms with E-state index in [1.807, 2.05) is 7.05 Å². The van der Waals surface area contributed by atoms with E-state index in [2.05, 4.69) is 25.1 Å². The predicted octanol–water partition coefficient (Wildman–Crippen LogP) is 2.35. The van der Waals surface area contributed by atoms with E-state index in [1.54, 1.807) is 6.07 Å². The maximum Gasteiger partial charge on any atom is 0.271 e. The molecule has 0 spiro atoms. The molecule has 1 fully saturated rings. The number of carbonyl (C=O) groups excluding carboxylic acids is 1. The highest BCUT2D eigenvalue weighted by Crippen LogP contribution is 2.34. The zero-order valence-corrected chi connectivity index (χ0v) is 14.8. The van der Waals surface area contributed by atoms with Crippen LogP contribution in [-0.2, 0) is 0 Å². The fraction of sp³-hybridized carbons (Fsp3) is 0.312. The van der Waals surface area contributed by atoms with Crippen molar-refractivity contribution >= 4 is 40.8 Å². The molecular weight excluding hydrogens is 360 g/mol. The Morgan fingerprint density at radius 1 is 1.27 bits per heavy atom. The fourth-order valence-electron chi connectivity index (χ4n) is 2.77. The van der Waals surface area contributed by atoms with Crippen molar-refractivity contribution in [2.45, 2.75) is 0 Å². The molecule has 1 aromatic carbocycles. The molecule has 0 saturated carbocycles. The van der Waals surface area contributed by atoms with Crippen molar-refractivity contribution in [2.75, 3.05) is 43.4 Å². The summed E-state index contributed by atoms with van der Waals surface area (Å²) in [5, 5.41) is 14.2. The molecule has 1 aromatic heterocycles. The van der Waals surface area contributed by atoms with Gasteiger partial charge in [0, 0.05) is 38.3 Å². The molecule has 2 heterocycles. The van der Waals surface area contributed by atoms with Crippen LogP contribution in [0.4, 0.5) is 22.9 Å². The van der Waals surface area contributed by atoms with Gasteiger partial charge in [-0.25, -0.2) is 9.97 Å². The van der Waals surface area contributed by atoms with E-state index in [-0.39, 0.29) is 22.2 Å². The van der Waals surface area contributed by atoms with Crippen molar-refractivity contribution in [3.05, 3.63) is 45.4 Å². The third-order valence-electron chi connectivity index (χ3n) is 4.24. The molecular formula is C16H17ClN6O3. The zero-order chi connectivity index (χ0) is 18.7. The zero-order valence-electron chi connectivity index (χ0n) is 14.1. The fourth-order valence-corrected chi connectivity index (χ4v) is 2.94. The number of likely N-dealkylation sites (N-methyl/N-ethyl adjacent to an activating group) is 1. The molecule has 1 aliphatic rings. The molecule has 1 aliphatic heterocycles. The second-order valence-electron chi connectivity index (χ2n) is 5.92.